The molecule has 1 aliphatic heterocycles. The lowest BCUT2D eigenvalue weighted by atomic mass is 10.1. The highest BCUT2D eigenvalue weighted by molar-refractivity contribution is 6.33. The third-order valence-electron chi connectivity index (χ3n) is 2.78. The van der Waals surface area contributed by atoms with Crippen LogP contribution < -0.4 is 4.90 Å². The fraction of sp³-hybridized carbons (Fsp3) is 0.417. The van der Waals surface area contributed by atoms with Gasteiger partial charge in [-0.15, -0.1) is 0 Å². The van der Waals surface area contributed by atoms with E-state index in [0.29, 0.717) is 11.4 Å². The first-order valence-corrected chi connectivity index (χ1v) is 5.69. The summed E-state index contributed by atoms with van der Waals surface area (Å²) in [4.78, 5) is 13.4. The first-order valence-electron chi connectivity index (χ1n) is 5.31. The van der Waals surface area contributed by atoms with Gasteiger partial charge in [-0.25, -0.2) is 0 Å². The van der Waals surface area contributed by atoms with Crippen molar-refractivity contribution < 1.29 is 4.79 Å². The van der Waals surface area contributed by atoms with Crippen LogP contribution in [0.2, 0.25) is 5.02 Å². The number of hydrogen-bond acceptors (Lipinski definition) is 1. The number of aryl methyl sites for hydroxylation is 1. The summed E-state index contributed by atoms with van der Waals surface area (Å²) in [5.41, 5.74) is 2.09. The van der Waals surface area contributed by atoms with Gasteiger partial charge < -0.3 is 4.90 Å². The Balaban J connectivity index is 2.37. The van der Waals surface area contributed by atoms with Crippen LogP contribution in [-0.4, -0.2) is 12.5 Å². The molecule has 0 saturated carbocycles. The van der Waals surface area contributed by atoms with Gasteiger partial charge in [0.25, 0.3) is 0 Å². The van der Waals surface area contributed by atoms with Gasteiger partial charge in [0.15, 0.2) is 0 Å². The van der Waals surface area contributed by atoms with Gasteiger partial charge in [-0.05, 0) is 30.5 Å². The smallest absolute Gasteiger partial charge is 0.227 e. The van der Waals surface area contributed by atoms with Gasteiger partial charge in [-0.1, -0.05) is 24.6 Å². The molecule has 0 aliphatic carbocycles. The third-order valence-corrected chi connectivity index (χ3v) is 3.10. The summed E-state index contributed by atoms with van der Waals surface area (Å²) in [6.45, 7) is 2.89. The number of benzene rings is 1. The second-order valence-electron chi connectivity index (χ2n) is 3.79. The number of carbonyl (C=O) groups excluding carboxylic acids is 1. The largest absolute Gasteiger partial charge is 0.311 e. The van der Waals surface area contributed by atoms with Gasteiger partial charge in [0, 0.05) is 13.0 Å². The van der Waals surface area contributed by atoms with E-state index in [9.17, 15) is 4.79 Å². The molecule has 0 spiro atoms. The van der Waals surface area contributed by atoms with Crippen LogP contribution in [0.25, 0.3) is 0 Å². The van der Waals surface area contributed by atoms with Crippen LogP contribution in [0.4, 0.5) is 5.69 Å². The molecular weight excluding hydrogens is 210 g/mol. The van der Waals surface area contributed by atoms with Gasteiger partial charge in [-0.3, -0.25) is 4.79 Å². The summed E-state index contributed by atoms with van der Waals surface area (Å²) in [6, 6.07) is 5.90. The molecule has 0 unspecified atom stereocenters. The number of amides is 1. The standard InChI is InChI=1S/C12H14ClNO/c1-2-9-5-6-10(13)11(8-9)14-7-3-4-12(14)15/h5-6,8H,2-4,7H2,1H3. The van der Waals surface area contributed by atoms with E-state index in [1.165, 1.54) is 5.56 Å². The van der Waals surface area contributed by atoms with E-state index in [1.54, 1.807) is 4.90 Å². The van der Waals surface area contributed by atoms with Gasteiger partial charge >= 0.3 is 0 Å². The molecule has 1 aromatic rings. The summed E-state index contributed by atoms with van der Waals surface area (Å²) in [5, 5.41) is 0.669. The van der Waals surface area contributed by atoms with Crippen molar-refractivity contribution in [1.29, 1.82) is 0 Å². The molecule has 1 amide bonds. The second-order valence-corrected chi connectivity index (χ2v) is 4.20. The van der Waals surface area contributed by atoms with Crippen molar-refractivity contribution in [1.82, 2.24) is 0 Å². The van der Waals surface area contributed by atoms with Gasteiger partial charge in [0.05, 0.1) is 10.7 Å². The Hall–Kier alpha value is -1.02. The van der Waals surface area contributed by atoms with Crippen molar-refractivity contribution in [3.63, 3.8) is 0 Å². The van der Waals surface area contributed by atoms with Crippen LogP contribution >= 0.6 is 11.6 Å². The van der Waals surface area contributed by atoms with E-state index in [4.69, 9.17) is 11.6 Å². The molecule has 0 radical (unpaired) electrons. The summed E-state index contributed by atoms with van der Waals surface area (Å²) < 4.78 is 0. The topological polar surface area (TPSA) is 20.3 Å². The zero-order valence-corrected chi connectivity index (χ0v) is 9.55. The average molecular weight is 224 g/mol. The first kappa shape index (κ1) is 10.5. The number of carbonyl (C=O) groups is 1. The molecule has 15 heavy (non-hydrogen) atoms. The number of rotatable bonds is 2. The second kappa shape index (κ2) is 4.23. The van der Waals surface area contributed by atoms with Crippen LogP contribution in [-0.2, 0) is 11.2 Å². The van der Waals surface area contributed by atoms with Gasteiger partial charge in [0.1, 0.15) is 0 Å². The van der Waals surface area contributed by atoms with Crippen LogP contribution in [0.15, 0.2) is 18.2 Å². The molecule has 2 nitrogen and oxygen atoms in total. The van der Waals surface area contributed by atoms with E-state index >= 15 is 0 Å². The van der Waals surface area contributed by atoms with Crippen LogP contribution in [0.1, 0.15) is 25.3 Å². The minimum atomic E-state index is 0.185. The lowest BCUT2D eigenvalue weighted by molar-refractivity contribution is -0.117. The zero-order valence-electron chi connectivity index (χ0n) is 8.79. The van der Waals surface area contributed by atoms with Crippen LogP contribution in [0.5, 0.6) is 0 Å². The van der Waals surface area contributed by atoms with Crippen LogP contribution in [0, 0.1) is 0 Å². The quantitative estimate of drug-likeness (QED) is 0.755. The molecule has 0 aromatic heterocycles. The highest BCUT2D eigenvalue weighted by Crippen LogP contribution is 2.30. The molecule has 0 atom stereocenters. The molecule has 1 fully saturated rings. The molecule has 3 heteroatoms. The third kappa shape index (κ3) is 2.00. The molecule has 1 saturated heterocycles. The Labute approximate surface area is 94.8 Å². The van der Waals surface area contributed by atoms with Crippen molar-refractivity contribution in [2.45, 2.75) is 26.2 Å². The van der Waals surface area contributed by atoms with E-state index < -0.39 is 0 Å². The number of anilines is 1. The normalized spacial score (nSPS) is 16.1. The molecule has 2 rings (SSSR count). The Morgan fingerprint density at radius 2 is 2.27 bits per heavy atom. The highest BCUT2D eigenvalue weighted by atomic mass is 35.5. The van der Waals surface area contributed by atoms with Crippen molar-refractivity contribution in [3.05, 3.63) is 28.8 Å². The zero-order chi connectivity index (χ0) is 10.8. The van der Waals surface area contributed by atoms with E-state index in [0.717, 1.165) is 25.1 Å². The van der Waals surface area contributed by atoms with Gasteiger partial charge in [0.2, 0.25) is 5.91 Å². The number of nitrogens with zero attached hydrogens (tertiary/aromatic N) is 1. The molecular formula is C12H14ClNO. The molecule has 1 heterocycles. The highest BCUT2D eigenvalue weighted by Gasteiger charge is 2.23. The monoisotopic (exact) mass is 223 g/mol. The summed E-state index contributed by atoms with van der Waals surface area (Å²) in [7, 11) is 0. The SMILES string of the molecule is CCc1ccc(Cl)c(N2CCCC2=O)c1. The fourth-order valence-electron chi connectivity index (χ4n) is 1.89. The predicted molar refractivity (Wildman–Crippen MR) is 62.4 cm³/mol. The molecule has 0 N–H and O–H groups in total. The Kier molecular flexibility index (Phi) is 2.96. The lowest BCUT2D eigenvalue weighted by Crippen LogP contribution is -2.24. The molecule has 1 aromatic carbocycles. The summed E-state index contributed by atoms with van der Waals surface area (Å²) in [5.74, 6) is 0.185. The molecule has 80 valence electrons. The molecule has 0 bridgehead atoms. The summed E-state index contributed by atoms with van der Waals surface area (Å²) in [6.07, 6.45) is 2.55. The van der Waals surface area contributed by atoms with Crippen molar-refractivity contribution in [3.8, 4) is 0 Å². The lowest BCUT2D eigenvalue weighted by Gasteiger charge is -2.18. The van der Waals surface area contributed by atoms with Crippen LogP contribution in [0.3, 0.4) is 0 Å². The Bertz CT molecular complexity index is 389. The Morgan fingerprint density at radius 3 is 2.87 bits per heavy atom. The average Bonchev–Trinajstić information content (AvgIpc) is 2.65. The maximum atomic E-state index is 11.6. The van der Waals surface area contributed by atoms with E-state index in [1.807, 2.05) is 18.2 Å². The maximum absolute atomic E-state index is 11.6. The first-order chi connectivity index (χ1) is 7.22. The van der Waals surface area contributed by atoms with Gasteiger partial charge in [-0.2, -0.15) is 0 Å². The maximum Gasteiger partial charge on any atom is 0.227 e. The van der Waals surface area contributed by atoms with Crippen molar-refractivity contribution >= 4 is 23.2 Å². The summed E-state index contributed by atoms with van der Waals surface area (Å²) >= 11 is 6.10. The minimum absolute atomic E-state index is 0.185. The van der Waals surface area contributed by atoms with Crippen molar-refractivity contribution in [2.75, 3.05) is 11.4 Å². The van der Waals surface area contributed by atoms with E-state index in [-0.39, 0.29) is 5.91 Å². The minimum Gasteiger partial charge on any atom is -0.311 e. The van der Waals surface area contributed by atoms with E-state index in [2.05, 4.69) is 6.92 Å². The molecule has 1 aliphatic rings. The number of halogens is 1. The van der Waals surface area contributed by atoms with Crippen molar-refractivity contribution in [2.24, 2.45) is 0 Å². The number of hydrogen-bond donors (Lipinski definition) is 0. The Morgan fingerprint density at radius 1 is 1.47 bits per heavy atom. The predicted octanol–water partition coefficient (Wildman–Crippen LogP) is 3.03. The fourth-order valence-corrected chi connectivity index (χ4v) is 2.11.